The van der Waals surface area contributed by atoms with Crippen LogP contribution in [0.15, 0.2) is 6.20 Å². The maximum absolute atomic E-state index is 10.7. The van der Waals surface area contributed by atoms with E-state index in [1.165, 1.54) is 19.0 Å². The summed E-state index contributed by atoms with van der Waals surface area (Å²) in [6, 6.07) is 0.611. The standard InChI is InChI=1S/C13H23N5O2/c1-3-17-6-4-11(5-7-17)16(2)8-9-18-10-12(13(19)20)14-15-18/h10-11H,3-9H2,1-2H3,(H,19,20). The molecule has 0 bridgehead atoms. The summed E-state index contributed by atoms with van der Waals surface area (Å²) >= 11 is 0. The lowest BCUT2D eigenvalue weighted by atomic mass is 10.0. The highest BCUT2D eigenvalue weighted by atomic mass is 16.4. The molecular weight excluding hydrogens is 258 g/mol. The minimum atomic E-state index is -1.03. The minimum Gasteiger partial charge on any atom is -0.476 e. The van der Waals surface area contributed by atoms with Gasteiger partial charge in [-0.2, -0.15) is 0 Å². The van der Waals surface area contributed by atoms with E-state index < -0.39 is 5.97 Å². The van der Waals surface area contributed by atoms with Crippen molar-refractivity contribution in [1.82, 2.24) is 24.8 Å². The van der Waals surface area contributed by atoms with Crippen LogP contribution in [0.25, 0.3) is 0 Å². The quantitative estimate of drug-likeness (QED) is 0.813. The van der Waals surface area contributed by atoms with Crippen LogP contribution < -0.4 is 0 Å². The largest absolute Gasteiger partial charge is 0.476 e. The van der Waals surface area contributed by atoms with Gasteiger partial charge in [-0.25, -0.2) is 4.79 Å². The lowest BCUT2D eigenvalue weighted by Crippen LogP contribution is -2.44. The first kappa shape index (κ1) is 14.9. The zero-order valence-electron chi connectivity index (χ0n) is 12.2. The summed E-state index contributed by atoms with van der Waals surface area (Å²) in [6.07, 6.45) is 3.88. The Morgan fingerprint density at radius 3 is 2.75 bits per heavy atom. The SMILES string of the molecule is CCN1CCC(N(C)CCn2cc(C(=O)O)nn2)CC1. The van der Waals surface area contributed by atoms with E-state index in [2.05, 4.69) is 34.1 Å². The van der Waals surface area contributed by atoms with E-state index in [0.717, 1.165) is 26.2 Å². The van der Waals surface area contributed by atoms with Crippen LogP contribution in [-0.4, -0.2) is 75.1 Å². The second-order valence-corrected chi connectivity index (χ2v) is 5.32. The number of likely N-dealkylation sites (N-methyl/N-ethyl adjacent to an activating group) is 1. The van der Waals surface area contributed by atoms with Crippen LogP contribution in [0.1, 0.15) is 30.3 Å². The maximum Gasteiger partial charge on any atom is 0.358 e. The Hall–Kier alpha value is -1.47. The van der Waals surface area contributed by atoms with E-state index in [0.29, 0.717) is 12.6 Å². The Kier molecular flexibility index (Phi) is 5.08. The Labute approximate surface area is 119 Å². The lowest BCUT2D eigenvalue weighted by Gasteiger charge is -2.36. The van der Waals surface area contributed by atoms with Crippen molar-refractivity contribution in [2.75, 3.05) is 33.2 Å². The highest BCUT2D eigenvalue weighted by molar-refractivity contribution is 5.84. The van der Waals surface area contributed by atoms with Crippen LogP contribution in [0.4, 0.5) is 0 Å². The number of carboxylic acid groups (broad SMARTS) is 1. The normalized spacial score (nSPS) is 17.8. The predicted molar refractivity (Wildman–Crippen MR) is 74.7 cm³/mol. The summed E-state index contributed by atoms with van der Waals surface area (Å²) < 4.78 is 1.60. The van der Waals surface area contributed by atoms with E-state index >= 15 is 0 Å². The molecule has 1 aliphatic heterocycles. The van der Waals surface area contributed by atoms with E-state index in [9.17, 15) is 4.79 Å². The van der Waals surface area contributed by atoms with Crippen molar-refractivity contribution >= 4 is 5.97 Å². The maximum atomic E-state index is 10.7. The first-order chi connectivity index (χ1) is 9.60. The number of hydrogen-bond acceptors (Lipinski definition) is 5. The van der Waals surface area contributed by atoms with Crippen molar-refractivity contribution in [3.8, 4) is 0 Å². The summed E-state index contributed by atoms with van der Waals surface area (Å²) in [6.45, 7) is 7.20. The van der Waals surface area contributed by atoms with Crippen molar-refractivity contribution < 1.29 is 9.90 Å². The molecule has 0 unspecified atom stereocenters. The number of nitrogens with zero attached hydrogens (tertiary/aromatic N) is 5. The average Bonchev–Trinajstić information content (AvgIpc) is 2.94. The molecule has 2 heterocycles. The third kappa shape index (κ3) is 3.77. The molecule has 0 amide bonds. The molecule has 0 spiro atoms. The number of hydrogen-bond donors (Lipinski definition) is 1. The zero-order valence-corrected chi connectivity index (χ0v) is 12.2. The highest BCUT2D eigenvalue weighted by Crippen LogP contribution is 2.14. The van der Waals surface area contributed by atoms with Crippen molar-refractivity contribution in [1.29, 1.82) is 0 Å². The molecule has 2 rings (SSSR count). The molecule has 1 saturated heterocycles. The number of rotatable bonds is 6. The molecule has 0 saturated carbocycles. The molecule has 1 aliphatic rings. The van der Waals surface area contributed by atoms with Crippen LogP contribution in [0.2, 0.25) is 0 Å². The summed E-state index contributed by atoms with van der Waals surface area (Å²) in [5, 5.41) is 16.2. The number of likely N-dealkylation sites (tertiary alicyclic amines) is 1. The number of carboxylic acids is 1. The Balaban J connectivity index is 1.77. The molecule has 0 radical (unpaired) electrons. The van der Waals surface area contributed by atoms with E-state index in [4.69, 9.17) is 5.11 Å². The molecule has 1 fully saturated rings. The Morgan fingerprint density at radius 1 is 1.50 bits per heavy atom. The van der Waals surface area contributed by atoms with E-state index in [1.807, 2.05) is 0 Å². The van der Waals surface area contributed by atoms with Gasteiger partial charge in [0, 0.05) is 12.6 Å². The number of aromatic carboxylic acids is 1. The van der Waals surface area contributed by atoms with E-state index in [1.54, 1.807) is 4.68 Å². The lowest BCUT2D eigenvalue weighted by molar-refractivity contribution is 0.0690. The number of carbonyl (C=O) groups is 1. The van der Waals surface area contributed by atoms with Crippen LogP contribution in [0.5, 0.6) is 0 Å². The summed E-state index contributed by atoms with van der Waals surface area (Å²) in [4.78, 5) is 15.5. The van der Waals surface area contributed by atoms with Crippen molar-refractivity contribution in [2.45, 2.75) is 32.4 Å². The van der Waals surface area contributed by atoms with Crippen LogP contribution in [0, 0.1) is 0 Å². The second kappa shape index (κ2) is 6.81. The minimum absolute atomic E-state index is 0.00362. The van der Waals surface area contributed by atoms with Gasteiger partial charge in [0.25, 0.3) is 0 Å². The third-order valence-corrected chi connectivity index (χ3v) is 4.07. The molecule has 112 valence electrons. The van der Waals surface area contributed by atoms with Crippen LogP contribution >= 0.6 is 0 Å². The van der Waals surface area contributed by atoms with Gasteiger partial charge in [-0.15, -0.1) is 5.10 Å². The van der Waals surface area contributed by atoms with Crippen molar-refractivity contribution in [3.63, 3.8) is 0 Å². The first-order valence-electron chi connectivity index (χ1n) is 7.16. The van der Waals surface area contributed by atoms with Gasteiger partial charge in [-0.3, -0.25) is 4.68 Å². The average molecular weight is 281 g/mol. The summed E-state index contributed by atoms with van der Waals surface area (Å²) in [7, 11) is 2.13. The Bertz CT molecular complexity index is 440. The number of aromatic nitrogens is 3. The third-order valence-electron chi connectivity index (χ3n) is 4.07. The van der Waals surface area contributed by atoms with Gasteiger partial charge in [0.2, 0.25) is 0 Å². The van der Waals surface area contributed by atoms with Crippen molar-refractivity contribution in [2.24, 2.45) is 0 Å². The van der Waals surface area contributed by atoms with Gasteiger partial charge in [0.15, 0.2) is 5.69 Å². The van der Waals surface area contributed by atoms with Crippen LogP contribution in [-0.2, 0) is 6.54 Å². The summed E-state index contributed by atoms with van der Waals surface area (Å²) in [5.41, 5.74) is 0.00362. The van der Waals surface area contributed by atoms with Crippen molar-refractivity contribution in [3.05, 3.63) is 11.9 Å². The molecular formula is C13H23N5O2. The van der Waals surface area contributed by atoms with Crippen LogP contribution in [0.3, 0.4) is 0 Å². The molecule has 0 atom stereocenters. The fourth-order valence-electron chi connectivity index (χ4n) is 2.62. The fourth-order valence-corrected chi connectivity index (χ4v) is 2.62. The van der Waals surface area contributed by atoms with E-state index in [-0.39, 0.29) is 5.69 Å². The van der Waals surface area contributed by atoms with Gasteiger partial charge in [0.1, 0.15) is 0 Å². The number of piperidine rings is 1. The smallest absolute Gasteiger partial charge is 0.358 e. The highest BCUT2D eigenvalue weighted by Gasteiger charge is 2.21. The molecule has 0 aromatic carbocycles. The van der Waals surface area contributed by atoms with Gasteiger partial charge < -0.3 is 14.9 Å². The van der Waals surface area contributed by atoms with Gasteiger partial charge in [-0.05, 0) is 39.5 Å². The fraction of sp³-hybridized carbons (Fsp3) is 0.769. The molecule has 20 heavy (non-hydrogen) atoms. The second-order valence-electron chi connectivity index (χ2n) is 5.32. The van der Waals surface area contributed by atoms with Gasteiger partial charge in [-0.1, -0.05) is 12.1 Å². The molecule has 7 heteroatoms. The molecule has 0 aliphatic carbocycles. The predicted octanol–water partition coefficient (Wildman–Crippen LogP) is 0.392. The Morgan fingerprint density at radius 2 is 2.20 bits per heavy atom. The van der Waals surface area contributed by atoms with Gasteiger partial charge >= 0.3 is 5.97 Å². The summed E-state index contributed by atoms with van der Waals surface area (Å²) in [5.74, 6) is -1.03. The molecule has 1 aromatic rings. The first-order valence-corrected chi connectivity index (χ1v) is 7.16. The zero-order chi connectivity index (χ0) is 14.5. The molecule has 1 aromatic heterocycles. The van der Waals surface area contributed by atoms with Gasteiger partial charge in [0.05, 0.1) is 12.7 Å². The molecule has 1 N–H and O–H groups in total. The monoisotopic (exact) mass is 281 g/mol. The molecule has 7 nitrogen and oxygen atoms in total. The topological polar surface area (TPSA) is 74.5 Å².